The maximum atomic E-state index is 12.6. The third-order valence-electron chi connectivity index (χ3n) is 6.03. The molecule has 2 aromatic heterocycles. The zero-order valence-electron chi connectivity index (χ0n) is 19.6. The molecule has 2 amide bonds. The fraction of sp³-hybridized carbons (Fsp3) is 0.545. The summed E-state index contributed by atoms with van der Waals surface area (Å²) in [4.78, 5) is 47.9. The van der Waals surface area contributed by atoms with Gasteiger partial charge in [0.25, 0.3) is 0 Å². The Balaban J connectivity index is 1.42. The van der Waals surface area contributed by atoms with Crippen molar-refractivity contribution in [3.05, 3.63) is 18.3 Å². The van der Waals surface area contributed by atoms with Gasteiger partial charge < -0.3 is 25.2 Å². The fourth-order valence-electron chi connectivity index (χ4n) is 4.00. The van der Waals surface area contributed by atoms with Crippen LogP contribution in [0.1, 0.15) is 25.7 Å². The number of amides is 2. The number of piperazine rings is 1. The van der Waals surface area contributed by atoms with Gasteiger partial charge in [0.2, 0.25) is 23.7 Å². The third-order valence-corrected chi connectivity index (χ3v) is 6.03. The molecule has 2 fully saturated rings. The smallest absolute Gasteiger partial charge is 0.243 e. The van der Waals surface area contributed by atoms with E-state index in [2.05, 4.69) is 19.8 Å². The average Bonchev–Trinajstić information content (AvgIpc) is 2.91. The molecule has 188 valence electrons. The number of nitrogen functional groups attached to an aromatic ring is 1. The second kappa shape index (κ2) is 11.7. The van der Waals surface area contributed by atoms with Crippen molar-refractivity contribution in [3.63, 3.8) is 0 Å². The summed E-state index contributed by atoms with van der Waals surface area (Å²) in [7, 11) is 0. The molecular formula is C22H31N9O4. The molecule has 0 aliphatic carbocycles. The highest BCUT2D eigenvalue weighted by molar-refractivity contribution is 5.77. The van der Waals surface area contributed by atoms with E-state index in [0.717, 1.165) is 5.56 Å². The van der Waals surface area contributed by atoms with Crippen LogP contribution >= 0.6 is 0 Å². The number of rotatable bonds is 8. The van der Waals surface area contributed by atoms with Crippen LogP contribution in [0.25, 0.3) is 11.4 Å². The Morgan fingerprint density at radius 1 is 0.943 bits per heavy atom. The van der Waals surface area contributed by atoms with Crippen molar-refractivity contribution >= 4 is 29.5 Å². The van der Waals surface area contributed by atoms with Gasteiger partial charge >= 0.3 is 0 Å². The molecule has 0 aromatic carbocycles. The minimum absolute atomic E-state index is 0.0624. The molecule has 0 spiro atoms. The first kappa shape index (κ1) is 24.5. The molecule has 4 rings (SSSR count). The number of aromatic nitrogens is 4. The van der Waals surface area contributed by atoms with Crippen LogP contribution in [-0.4, -0.2) is 94.3 Å². The second-order valence-electron chi connectivity index (χ2n) is 8.44. The van der Waals surface area contributed by atoms with E-state index in [1.54, 1.807) is 17.7 Å². The molecule has 35 heavy (non-hydrogen) atoms. The van der Waals surface area contributed by atoms with E-state index in [9.17, 15) is 9.59 Å². The maximum absolute atomic E-state index is 12.6. The summed E-state index contributed by atoms with van der Waals surface area (Å²) in [5.41, 5.74) is 8.09. The van der Waals surface area contributed by atoms with Gasteiger partial charge in [-0.05, 0) is 25.0 Å². The highest BCUT2D eigenvalue weighted by atomic mass is 16.5. The van der Waals surface area contributed by atoms with Crippen molar-refractivity contribution in [2.45, 2.75) is 25.7 Å². The summed E-state index contributed by atoms with van der Waals surface area (Å²) in [6.45, 7) is 4.96. The predicted molar refractivity (Wildman–Crippen MR) is 128 cm³/mol. The molecule has 0 saturated carbocycles. The van der Waals surface area contributed by atoms with E-state index < -0.39 is 5.91 Å². The number of unbranched alkanes of at least 4 members (excludes halogenated alkanes) is 1. The van der Waals surface area contributed by atoms with Gasteiger partial charge in [-0.3, -0.25) is 14.8 Å². The summed E-state index contributed by atoms with van der Waals surface area (Å²) >= 11 is 0. The normalized spacial score (nSPS) is 16.3. The fourth-order valence-corrected chi connectivity index (χ4v) is 4.00. The molecule has 0 bridgehead atoms. The number of hydrogen-bond acceptors (Lipinski definition) is 11. The molecular weight excluding hydrogens is 454 g/mol. The predicted octanol–water partition coefficient (Wildman–Crippen LogP) is 0.0668. The van der Waals surface area contributed by atoms with E-state index in [0.29, 0.717) is 95.3 Å². The third kappa shape index (κ3) is 6.51. The topological polar surface area (TPSA) is 163 Å². The van der Waals surface area contributed by atoms with E-state index >= 15 is 0 Å². The highest BCUT2D eigenvalue weighted by Crippen LogP contribution is 2.23. The zero-order valence-corrected chi connectivity index (χ0v) is 19.6. The van der Waals surface area contributed by atoms with Crippen LogP contribution in [0.5, 0.6) is 0 Å². The molecule has 0 atom stereocenters. The summed E-state index contributed by atoms with van der Waals surface area (Å²) in [6, 6.07) is 3.55. The van der Waals surface area contributed by atoms with Crippen molar-refractivity contribution in [2.24, 2.45) is 0 Å². The minimum Gasteiger partial charge on any atom is -0.384 e. The number of morpholine rings is 1. The molecule has 2 aliphatic heterocycles. The number of nitrogens with zero attached hydrogens (tertiary/aromatic N) is 7. The number of carbonyl (C=O) groups excluding carboxylic acids is 2. The van der Waals surface area contributed by atoms with Gasteiger partial charge in [0.05, 0.1) is 13.2 Å². The molecule has 0 unspecified atom stereocenters. The summed E-state index contributed by atoms with van der Waals surface area (Å²) in [5, 5.41) is 8.54. The van der Waals surface area contributed by atoms with Crippen LogP contribution in [0.15, 0.2) is 18.3 Å². The lowest BCUT2D eigenvalue weighted by Crippen LogP contribution is -2.49. The van der Waals surface area contributed by atoms with Crippen molar-refractivity contribution in [1.29, 1.82) is 0 Å². The Morgan fingerprint density at radius 3 is 2.23 bits per heavy atom. The number of carbonyl (C=O) groups is 2. The van der Waals surface area contributed by atoms with Crippen LogP contribution in [0.3, 0.4) is 0 Å². The summed E-state index contributed by atoms with van der Waals surface area (Å²) in [6.07, 6.45) is 3.38. The highest BCUT2D eigenvalue weighted by Gasteiger charge is 2.25. The van der Waals surface area contributed by atoms with Gasteiger partial charge in [-0.2, -0.15) is 15.0 Å². The molecule has 4 N–H and O–H groups in total. The van der Waals surface area contributed by atoms with Gasteiger partial charge in [0.15, 0.2) is 5.82 Å². The van der Waals surface area contributed by atoms with E-state index in [1.807, 2.05) is 11.0 Å². The summed E-state index contributed by atoms with van der Waals surface area (Å²) in [5.74, 6) is 1.73. The molecule has 13 heteroatoms. The van der Waals surface area contributed by atoms with Crippen LogP contribution < -0.4 is 21.0 Å². The Kier molecular flexibility index (Phi) is 8.21. The Labute approximate surface area is 203 Å². The van der Waals surface area contributed by atoms with E-state index in [-0.39, 0.29) is 12.3 Å². The van der Waals surface area contributed by atoms with Crippen LogP contribution in [-0.2, 0) is 14.3 Å². The quantitative estimate of drug-likeness (QED) is 0.263. The standard InChI is InChI=1S/C22H31N9O4/c23-17-6-5-16(15-24-17)20-25-21(27-22(26-20)31-11-13-35-14-12-31)30-9-7-29(8-10-30)19(33)4-2-1-3-18(32)28-34/h5-6,15,34H,1-4,7-14H2,(H2,23,24)(H,28,32). The van der Waals surface area contributed by atoms with Gasteiger partial charge in [-0.25, -0.2) is 10.5 Å². The molecule has 2 aliphatic rings. The number of nitrogens with two attached hydrogens (primary N) is 1. The van der Waals surface area contributed by atoms with Gasteiger partial charge in [-0.15, -0.1) is 0 Å². The van der Waals surface area contributed by atoms with Gasteiger partial charge in [-0.1, -0.05) is 0 Å². The number of anilines is 3. The SMILES string of the molecule is Nc1ccc(-c2nc(N3CCOCC3)nc(N3CCN(C(=O)CCCCC(=O)NO)CC3)n2)cn1. The zero-order chi connectivity index (χ0) is 24.6. The number of hydrogen-bond donors (Lipinski definition) is 3. The van der Waals surface area contributed by atoms with E-state index in [4.69, 9.17) is 25.6 Å². The Bertz CT molecular complexity index is 1010. The van der Waals surface area contributed by atoms with Crippen molar-refractivity contribution < 1.29 is 19.5 Å². The van der Waals surface area contributed by atoms with Crippen molar-refractivity contribution in [2.75, 3.05) is 68.0 Å². The number of hydroxylamine groups is 1. The molecule has 0 radical (unpaired) electrons. The first-order valence-corrected chi connectivity index (χ1v) is 11.8. The van der Waals surface area contributed by atoms with Crippen LogP contribution in [0.2, 0.25) is 0 Å². The first-order chi connectivity index (χ1) is 17.0. The molecule has 13 nitrogen and oxygen atoms in total. The number of nitrogens with one attached hydrogen (secondary N) is 1. The lowest BCUT2D eigenvalue weighted by Gasteiger charge is -2.35. The number of pyridine rings is 1. The van der Waals surface area contributed by atoms with Crippen molar-refractivity contribution in [3.8, 4) is 11.4 Å². The average molecular weight is 486 g/mol. The lowest BCUT2D eigenvalue weighted by atomic mass is 10.1. The van der Waals surface area contributed by atoms with Gasteiger partial charge in [0, 0.05) is 63.9 Å². The summed E-state index contributed by atoms with van der Waals surface area (Å²) < 4.78 is 5.47. The van der Waals surface area contributed by atoms with Crippen LogP contribution in [0, 0.1) is 0 Å². The van der Waals surface area contributed by atoms with Crippen LogP contribution in [0.4, 0.5) is 17.7 Å². The largest absolute Gasteiger partial charge is 0.384 e. The van der Waals surface area contributed by atoms with Gasteiger partial charge in [0.1, 0.15) is 5.82 Å². The second-order valence-corrected chi connectivity index (χ2v) is 8.44. The number of ether oxygens (including phenoxy) is 1. The molecule has 2 saturated heterocycles. The van der Waals surface area contributed by atoms with E-state index in [1.165, 1.54) is 0 Å². The Hall–Kier alpha value is -3.58. The minimum atomic E-state index is -0.436. The molecule has 4 heterocycles. The monoisotopic (exact) mass is 485 g/mol. The first-order valence-electron chi connectivity index (χ1n) is 11.8. The van der Waals surface area contributed by atoms with Crippen molar-refractivity contribution in [1.82, 2.24) is 30.3 Å². The lowest BCUT2D eigenvalue weighted by molar-refractivity contribution is -0.132. The maximum Gasteiger partial charge on any atom is 0.243 e. The Morgan fingerprint density at radius 2 is 1.60 bits per heavy atom. The molecule has 2 aromatic rings.